The molecule has 1 fully saturated rings. The van der Waals surface area contributed by atoms with Crippen LogP contribution in [0.5, 0.6) is 0 Å². The number of anilines is 2. The highest BCUT2D eigenvalue weighted by Gasteiger charge is 2.41. The van der Waals surface area contributed by atoms with E-state index in [1.165, 1.54) is 24.3 Å². The Bertz CT molecular complexity index is 1150. The average molecular weight is 502 g/mol. The molecule has 8 nitrogen and oxygen atoms in total. The number of nitriles is 1. The van der Waals surface area contributed by atoms with Crippen molar-refractivity contribution < 1.29 is 32.7 Å². The molecule has 0 aliphatic carbocycles. The monoisotopic (exact) mass is 502 g/mol. The summed E-state index contributed by atoms with van der Waals surface area (Å²) in [6, 6.07) is 13.4. The van der Waals surface area contributed by atoms with Crippen LogP contribution in [-0.4, -0.2) is 35.8 Å². The van der Waals surface area contributed by atoms with Crippen molar-refractivity contribution in [2.75, 3.05) is 18.5 Å². The summed E-state index contributed by atoms with van der Waals surface area (Å²) in [5, 5.41) is 25.7. The highest BCUT2D eigenvalue weighted by atomic mass is 19.4. The predicted octanol–water partition coefficient (Wildman–Crippen LogP) is 4.57. The van der Waals surface area contributed by atoms with Gasteiger partial charge in [0.2, 0.25) is 11.6 Å². The number of hydrogen-bond acceptors (Lipinski definition) is 7. The van der Waals surface area contributed by atoms with Crippen LogP contribution in [0.3, 0.4) is 0 Å². The number of ether oxygens (including phenoxy) is 1. The second kappa shape index (κ2) is 11.7. The lowest BCUT2D eigenvalue weighted by Crippen LogP contribution is -2.41. The molecule has 190 valence electrons. The van der Waals surface area contributed by atoms with Crippen molar-refractivity contribution in [2.45, 2.75) is 38.4 Å². The zero-order chi connectivity index (χ0) is 26.2. The fraction of sp³-hybridized carbons (Fsp3) is 0.360. The normalized spacial score (nSPS) is 17.9. The zero-order valence-corrected chi connectivity index (χ0v) is 19.3. The number of benzene rings is 2. The number of ketones is 1. The second-order valence-corrected chi connectivity index (χ2v) is 8.47. The minimum atomic E-state index is -4.48. The number of amides is 1. The van der Waals surface area contributed by atoms with E-state index in [0.717, 1.165) is 11.6 Å². The number of alkyl halides is 3. The number of nitrogens with zero attached hydrogens (tertiary/aromatic N) is 2. The lowest BCUT2D eigenvalue weighted by molar-refractivity contribution is -0.137. The average Bonchev–Trinajstić information content (AvgIpc) is 3.34. The van der Waals surface area contributed by atoms with Crippen molar-refractivity contribution in [3.8, 4) is 6.07 Å². The molecule has 2 aromatic rings. The molecule has 0 aromatic heterocycles. The Morgan fingerprint density at radius 1 is 1.17 bits per heavy atom. The summed E-state index contributed by atoms with van der Waals surface area (Å²) in [4.78, 5) is 24.9. The standard InChI is InChI=1S/C25H25F3N4O4/c26-25(27,28)19-4-1-2-5-20(19)31-18-9-7-17(8-10-18)15-30-23(34)24(12-13-36-16-24)11-3-6-22(33)21(14-29)32-35/h1-2,4-5,7-10,31,35H,3,6,11-13,15-16H2,(H,30,34)/b32-21-/t24-/m1/s1. The SMILES string of the molecule is N#C/C(=N/O)C(=O)CCC[C@@]1(C(=O)NCc2ccc(Nc3ccccc3C(F)(F)F)cc2)CCOC1. The van der Waals surface area contributed by atoms with Crippen LogP contribution in [0.25, 0.3) is 0 Å². The first-order valence-electron chi connectivity index (χ1n) is 11.2. The fourth-order valence-corrected chi connectivity index (χ4v) is 4.01. The lowest BCUT2D eigenvalue weighted by Gasteiger charge is -2.26. The molecule has 0 spiro atoms. The van der Waals surface area contributed by atoms with Gasteiger partial charge in [0.05, 0.1) is 23.3 Å². The minimum Gasteiger partial charge on any atom is -0.410 e. The summed E-state index contributed by atoms with van der Waals surface area (Å²) in [6.45, 7) is 0.811. The van der Waals surface area contributed by atoms with Crippen LogP contribution in [0.2, 0.25) is 0 Å². The number of oxime groups is 1. The van der Waals surface area contributed by atoms with Crippen molar-refractivity contribution in [3.05, 3.63) is 59.7 Å². The fourth-order valence-electron chi connectivity index (χ4n) is 4.01. The maximum absolute atomic E-state index is 13.2. The Kier molecular flexibility index (Phi) is 8.66. The molecule has 1 heterocycles. The summed E-state index contributed by atoms with van der Waals surface area (Å²) in [5.74, 6) is -0.828. The van der Waals surface area contributed by atoms with Crippen molar-refractivity contribution in [1.29, 1.82) is 5.26 Å². The number of Topliss-reactive ketones (excluding diaryl/α,β-unsaturated/α-hetero) is 1. The molecule has 1 saturated heterocycles. The van der Waals surface area contributed by atoms with E-state index in [-0.39, 0.29) is 31.2 Å². The molecule has 36 heavy (non-hydrogen) atoms. The molecule has 1 aliphatic heterocycles. The van der Waals surface area contributed by atoms with Crippen LogP contribution in [0, 0.1) is 16.7 Å². The molecule has 0 bridgehead atoms. The van der Waals surface area contributed by atoms with E-state index >= 15 is 0 Å². The second-order valence-electron chi connectivity index (χ2n) is 8.47. The van der Waals surface area contributed by atoms with Crippen LogP contribution in [0.1, 0.15) is 36.8 Å². The molecule has 3 rings (SSSR count). The lowest BCUT2D eigenvalue weighted by atomic mass is 9.80. The summed E-state index contributed by atoms with van der Waals surface area (Å²) in [6.07, 6.45) is -3.36. The van der Waals surface area contributed by atoms with Gasteiger partial charge in [-0.1, -0.05) is 29.4 Å². The first kappa shape index (κ1) is 26.7. The van der Waals surface area contributed by atoms with Gasteiger partial charge in [0.25, 0.3) is 0 Å². The van der Waals surface area contributed by atoms with E-state index in [1.54, 1.807) is 24.3 Å². The van der Waals surface area contributed by atoms with Crippen molar-refractivity contribution >= 4 is 28.8 Å². The smallest absolute Gasteiger partial charge is 0.410 e. The van der Waals surface area contributed by atoms with Crippen LogP contribution in [0.4, 0.5) is 24.5 Å². The van der Waals surface area contributed by atoms with Gasteiger partial charge in [-0.25, -0.2) is 0 Å². The van der Waals surface area contributed by atoms with E-state index in [1.807, 2.05) is 0 Å². The number of hydrogen-bond donors (Lipinski definition) is 3. The summed E-state index contributed by atoms with van der Waals surface area (Å²) in [5.41, 5.74) is -0.988. The number of para-hydroxylation sites is 1. The van der Waals surface area contributed by atoms with Crippen LogP contribution < -0.4 is 10.6 Å². The zero-order valence-electron chi connectivity index (χ0n) is 19.3. The molecule has 3 N–H and O–H groups in total. The van der Waals surface area contributed by atoms with Crippen LogP contribution in [-0.2, 0) is 27.0 Å². The summed E-state index contributed by atoms with van der Waals surface area (Å²) >= 11 is 0. The number of nitrogens with one attached hydrogen (secondary N) is 2. The third-order valence-electron chi connectivity index (χ3n) is 6.03. The summed E-state index contributed by atoms with van der Waals surface area (Å²) in [7, 11) is 0. The Labute approximate surface area is 205 Å². The van der Waals surface area contributed by atoms with Crippen LogP contribution in [0.15, 0.2) is 53.7 Å². The van der Waals surface area contributed by atoms with Crippen LogP contribution >= 0.6 is 0 Å². The molecule has 0 saturated carbocycles. The van der Waals surface area contributed by atoms with Crippen molar-refractivity contribution in [3.63, 3.8) is 0 Å². The quantitative estimate of drug-likeness (QED) is 0.249. The topological polar surface area (TPSA) is 124 Å². The van der Waals surface area contributed by atoms with E-state index in [2.05, 4.69) is 15.8 Å². The van der Waals surface area contributed by atoms with Crippen molar-refractivity contribution in [2.24, 2.45) is 10.6 Å². The molecule has 1 atom stereocenters. The first-order chi connectivity index (χ1) is 17.2. The number of carbonyl (C=O) groups is 2. The van der Waals surface area contributed by atoms with E-state index in [9.17, 15) is 22.8 Å². The molecule has 11 heteroatoms. The highest BCUT2D eigenvalue weighted by Crippen LogP contribution is 2.36. The Balaban J connectivity index is 1.57. The van der Waals surface area contributed by atoms with Gasteiger partial charge in [-0.3, -0.25) is 9.59 Å². The highest BCUT2D eigenvalue weighted by molar-refractivity contribution is 6.45. The van der Waals surface area contributed by atoms with E-state index < -0.39 is 28.6 Å². The minimum absolute atomic E-state index is 0.0338. The number of halogens is 3. The van der Waals surface area contributed by atoms with E-state index in [4.69, 9.17) is 15.2 Å². The largest absolute Gasteiger partial charge is 0.418 e. The predicted molar refractivity (Wildman–Crippen MR) is 125 cm³/mol. The van der Waals surface area contributed by atoms with Gasteiger partial charge in [-0.05, 0) is 49.1 Å². The van der Waals surface area contributed by atoms with E-state index in [0.29, 0.717) is 31.6 Å². The van der Waals surface area contributed by atoms with Gasteiger partial charge in [-0.2, -0.15) is 18.4 Å². The first-order valence-corrected chi connectivity index (χ1v) is 11.2. The van der Waals surface area contributed by atoms with Gasteiger partial charge in [-0.15, -0.1) is 0 Å². The van der Waals surface area contributed by atoms with Gasteiger partial charge in [0, 0.05) is 25.3 Å². The number of carbonyl (C=O) groups excluding carboxylic acids is 2. The van der Waals surface area contributed by atoms with Gasteiger partial charge in [0.1, 0.15) is 6.07 Å². The van der Waals surface area contributed by atoms with Crippen molar-refractivity contribution in [1.82, 2.24) is 5.32 Å². The van der Waals surface area contributed by atoms with Gasteiger partial charge < -0.3 is 20.6 Å². The third kappa shape index (κ3) is 6.60. The molecule has 1 aliphatic rings. The third-order valence-corrected chi connectivity index (χ3v) is 6.03. The molecular formula is C25H25F3N4O4. The maximum atomic E-state index is 13.2. The Morgan fingerprint density at radius 3 is 2.50 bits per heavy atom. The molecule has 0 unspecified atom stereocenters. The Hall–Kier alpha value is -3.91. The van der Waals surface area contributed by atoms with Gasteiger partial charge in [0.15, 0.2) is 5.78 Å². The molecule has 2 aromatic carbocycles. The van der Waals surface area contributed by atoms with Gasteiger partial charge >= 0.3 is 6.18 Å². The Morgan fingerprint density at radius 2 is 1.89 bits per heavy atom. The molecule has 1 amide bonds. The molecule has 0 radical (unpaired) electrons. The maximum Gasteiger partial charge on any atom is 0.418 e. The molecular weight excluding hydrogens is 477 g/mol. The summed E-state index contributed by atoms with van der Waals surface area (Å²) < 4.78 is 45.0. The number of rotatable bonds is 10.